The van der Waals surface area contributed by atoms with Crippen LogP contribution in [0.3, 0.4) is 0 Å². The van der Waals surface area contributed by atoms with Gasteiger partial charge in [-0.1, -0.05) is 54.1 Å². The van der Waals surface area contributed by atoms with E-state index in [2.05, 4.69) is 75.4 Å². The van der Waals surface area contributed by atoms with E-state index in [9.17, 15) is 0 Å². The zero-order valence-electron chi connectivity index (χ0n) is 10.7. The highest BCUT2D eigenvalue weighted by Gasteiger charge is 2.00. The van der Waals surface area contributed by atoms with Gasteiger partial charge in [-0.05, 0) is 49.1 Å². The van der Waals surface area contributed by atoms with Crippen molar-refractivity contribution in [2.75, 3.05) is 0 Å². The van der Waals surface area contributed by atoms with Crippen LogP contribution in [-0.4, -0.2) is 0 Å². The molecule has 0 unspecified atom stereocenters. The van der Waals surface area contributed by atoms with Crippen molar-refractivity contribution < 1.29 is 0 Å². The van der Waals surface area contributed by atoms with Crippen molar-refractivity contribution in [1.29, 1.82) is 0 Å². The molecule has 0 aliphatic carbocycles. The van der Waals surface area contributed by atoms with E-state index in [1.54, 1.807) is 0 Å². The van der Waals surface area contributed by atoms with Crippen molar-refractivity contribution in [3.05, 3.63) is 65.2 Å². The van der Waals surface area contributed by atoms with Crippen LogP contribution in [0.25, 0.3) is 17.2 Å². The summed E-state index contributed by atoms with van der Waals surface area (Å²) in [6.07, 6.45) is 4.24. The Hall–Kier alpha value is -1.82. The Bertz CT molecular complexity index is 530. The van der Waals surface area contributed by atoms with Crippen LogP contribution in [0.4, 0.5) is 0 Å². The predicted molar refractivity (Wildman–Crippen MR) is 76.1 cm³/mol. The van der Waals surface area contributed by atoms with Crippen molar-refractivity contribution in [2.24, 2.45) is 0 Å². The molecule has 0 radical (unpaired) electrons. The van der Waals surface area contributed by atoms with Crippen LogP contribution < -0.4 is 0 Å². The summed E-state index contributed by atoms with van der Waals surface area (Å²) in [6.45, 7) is 6.32. The lowest BCUT2D eigenvalue weighted by molar-refractivity contribution is 1.43. The quantitative estimate of drug-likeness (QED) is 0.670. The molecule has 0 aliphatic heterocycles. The van der Waals surface area contributed by atoms with Gasteiger partial charge >= 0.3 is 0 Å². The molecule has 2 aromatic carbocycles. The molecule has 0 saturated heterocycles. The fourth-order valence-electron chi connectivity index (χ4n) is 1.93. The molecule has 0 heterocycles. The van der Waals surface area contributed by atoms with Crippen molar-refractivity contribution in [2.45, 2.75) is 20.8 Å². The molecule has 86 valence electrons. The van der Waals surface area contributed by atoms with Crippen molar-refractivity contribution in [1.82, 2.24) is 0 Å². The molecule has 0 N–H and O–H groups in total. The van der Waals surface area contributed by atoms with E-state index in [0.717, 1.165) is 0 Å². The second-order valence-corrected chi connectivity index (χ2v) is 4.44. The van der Waals surface area contributed by atoms with Crippen LogP contribution in [-0.2, 0) is 0 Å². The first-order valence-electron chi connectivity index (χ1n) is 6.01. The van der Waals surface area contributed by atoms with Crippen LogP contribution in [0.5, 0.6) is 0 Å². The lowest BCUT2D eigenvalue weighted by atomic mass is 9.99. The van der Waals surface area contributed by atoms with Gasteiger partial charge in [-0.25, -0.2) is 0 Å². The zero-order valence-corrected chi connectivity index (χ0v) is 10.7. The molecule has 0 atom stereocenters. The average molecular weight is 222 g/mol. The zero-order chi connectivity index (χ0) is 12.3. The van der Waals surface area contributed by atoms with Crippen LogP contribution in [0.15, 0.2) is 48.5 Å². The highest BCUT2D eigenvalue weighted by atomic mass is 14.0. The van der Waals surface area contributed by atoms with E-state index >= 15 is 0 Å². The van der Waals surface area contributed by atoms with Gasteiger partial charge in [-0.15, -0.1) is 0 Å². The summed E-state index contributed by atoms with van der Waals surface area (Å²) >= 11 is 0. The largest absolute Gasteiger partial charge is 0.0871 e. The fraction of sp³-hybridized carbons (Fsp3) is 0.176. The van der Waals surface area contributed by atoms with E-state index in [1.165, 1.54) is 27.8 Å². The number of aryl methyl sites for hydroxylation is 2. The van der Waals surface area contributed by atoms with Gasteiger partial charge in [0.05, 0.1) is 0 Å². The number of hydrogen-bond donors (Lipinski definition) is 0. The number of allylic oxidation sites excluding steroid dienone is 1. The molecule has 2 aromatic rings. The second kappa shape index (κ2) is 5.01. The minimum atomic E-state index is 1.28. The van der Waals surface area contributed by atoms with E-state index in [4.69, 9.17) is 0 Å². The minimum Gasteiger partial charge on any atom is -0.0871 e. The fourth-order valence-corrected chi connectivity index (χ4v) is 1.93. The second-order valence-electron chi connectivity index (χ2n) is 4.44. The molecule has 2 rings (SSSR count). The number of rotatable bonds is 2. The van der Waals surface area contributed by atoms with Gasteiger partial charge in [0.1, 0.15) is 0 Å². The van der Waals surface area contributed by atoms with Gasteiger partial charge in [-0.3, -0.25) is 0 Å². The molecule has 0 bridgehead atoms. The van der Waals surface area contributed by atoms with E-state index in [1.807, 2.05) is 0 Å². The Balaban J connectivity index is 2.46. The molecule has 0 spiro atoms. The molecule has 0 aliphatic rings. The minimum absolute atomic E-state index is 1.28. The SMILES string of the molecule is C/C=C\c1cc(-c2ccc(C)cc2)ccc1C. The molecule has 0 nitrogen and oxygen atoms in total. The molecule has 0 saturated carbocycles. The normalized spacial score (nSPS) is 11.0. The first-order chi connectivity index (χ1) is 8.20. The summed E-state index contributed by atoms with van der Waals surface area (Å²) in [7, 11) is 0. The standard InChI is InChI=1S/C17H18/c1-4-5-16-12-17(11-8-14(16)3)15-9-6-13(2)7-10-15/h4-12H,1-3H3/b5-4-. The molecule has 0 aromatic heterocycles. The van der Waals surface area contributed by atoms with Crippen molar-refractivity contribution >= 4 is 6.08 Å². The van der Waals surface area contributed by atoms with Gasteiger partial charge in [0.25, 0.3) is 0 Å². The third-order valence-electron chi connectivity index (χ3n) is 3.01. The lowest BCUT2D eigenvalue weighted by Gasteiger charge is -2.06. The summed E-state index contributed by atoms with van der Waals surface area (Å²) < 4.78 is 0. The topological polar surface area (TPSA) is 0 Å². The first kappa shape index (κ1) is 11.7. The van der Waals surface area contributed by atoms with E-state index < -0.39 is 0 Å². The monoisotopic (exact) mass is 222 g/mol. The maximum Gasteiger partial charge on any atom is -0.0178 e. The third-order valence-corrected chi connectivity index (χ3v) is 3.01. The van der Waals surface area contributed by atoms with Crippen LogP contribution in [0.2, 0.25) is 0 Å². The Kier molecular flexibility index (Phi) is 3.43. The Morgan fingerprint density at radius 2 is 1.47 bits per heavy atom. The smallest absolute Gasteiger partial charge is 0.0178 e. The van der Waals surface area contributed by atoms with Crippen LogP contribution in [0, 0.1) is 13.8 Å². The molecule has 0 heteroatoms. The van der Waals surface area contributed by atoms with Gasteiger partial charge in [0.2, 0.25) is 0 Å². The Morgan fingerprint density at radius 3 is 2.12 bits per heavy atom. The Morgan fingerprint density at radius 1 is 0.824 bits per heavy atom. The number of hydrogen-bond acceptors (Lipinski definition) is 0. The van der Waals surface area contributed by atoms with Gasteiger partial charge < -0.3 is 0 Å². The summed E-state index contributed by atoms with van der Waals surface area (Å²) in [6, 6.07) is 15.3. The third kappa shape index (κ3) is 2.65. The highest BCUT2D eigenvalue weighted by molar-refractivity contribution is 5.69. The summed E-state index contributed by atoms with van der Waals surface area (Å²) in [5, 5.41) is 0. The van der Waals surface area contributed by atoms with Crippen LogP contribution in [0.1, 0.15) is 23.6 Å². The number of benzene rings is 2. The Labute approximate surface area is 104 Å². The van der Waals surface area contributed by atoms with E-state index in [0.29, 0.717) is 0 Å². The van der Waals surface area contributed by atoms with Gasteiger partial charge in [0, 0.05) is 0 Å². The predicted octanol–water partition coefficient (Wildman–Crippen LogP) is 5.00. The van der Waals surface area contributed by atoms with E-state index in [-0.39, 0.29) is 0 Å². The summed E-state index contributed by atoms with van der Waals surface area (Å²) in [5.74, 6) is 0. The summed E-state index contributed by atoms with van der Waals surface area (Å²) in [5.41, 5.74) is 6.48. The van der Waals surface area contributed by atoms with Gasteiger partial charge in [0.15, 0.2) is 0 Å². The molecular weight excluding hydrogens is 204 g/mol. The molecule has 0 fully saturated rings. The van der Waals surface area contributed by atoms with Crippen molar-refractivity contribution in [3.8, 4) is 11.1 Å². The molecular formula is C17H18. The lowest BCUT2D eigenvalue weighted by Crippen LogP contribution is -1.84. The molecule has 17 heavy (non-hydrogen) atoms. The van der Waals surface area contributed by atoms with Crippen LogP contribution >= 0.6 is 0 Å². The summed E-state index contributed by atoms with van der Waals surface area (Å²) in [4.78, 5) is 0. The average Bonchev–Trinajstić information content (AvgIpc) is 2.33. The molecule has 0 amide bonds. The highest BCUT2D eigenvalue weighted by Crippen LogP contribution is 2.23. The maximum atomic E-state index is 2.25. The van der Waals surface area contributed by atoms with Crippen molar-refractivity contribution in [3.63, 3.8) is 0 Å². The first-order valence-corrected chi connectivity index (χ1v) is 6.01. The van der Waals surface area contributed by atoms with Gasteiger partial charge in [-0.2, -0.15) is 0 Å². The maximum absolute atomic E-state index is 2.25.